The number of carbonyl (C=O) groups is 1. The Hall–Kier alpha value is -2.15. The average Bonchev–Trinajstić information content (AvgIpc) is 2.98. The molecule has 1 fully saturated rings. The second-order valence-electron chi connectivity index (χ2n) is 4.14. The lowest BCUT2D eigenvalue weighted by Gasteiger charge is -2.13. The Kier molecular flexibility index (Phi) is 2.92. The minimum atomic E-state index is -0.705. The lowest BCUT2D eigenvalue weighted by molar-refractivity contribution is -0.384. The third-order valence-electron chi connectivity index (χ3n) is 2.36. The van der Waals surface area contributed by atoms with Gasteiger partial charge in [0.1, 0.15) is 12.4 Å². The van der Waals surface area contributed by atoms with Crippen LogP contribution >= 0.6 is 0 Å². The van der Waals surface area contributed by atoms with Gasteiger partial charge in [0.15, 0.2) is 0 Å². The van der Waals surface area contributed by atoms with E-state index in [1.54, 1.807) is 6.92 Å². The van der Waals surface area contributed by atoms with Gasteiger partial charge in [-0.3, -0.25) is 14.9 Å². The molecule has 1 aliphatic rings. The van der Waals surface area contributed by atoms with Crippen LogP contribution in [0.4, 0.5) is 11.4 Å². The zero-order valence-corrected chi connectivity index (χ0v) is 9.93. The molecule has 0 bridgehead atoms. The highest BCUT2D eigenvalue weighted by atomic mass is 16.8. The average molecular weight is 252 g/mol. The Balaban J connectivity index is 2.31. The molecule has 7 nitrogen and oxygen atoms in total. The van der Waals surface area contributed by atoms with E-state index in [2.05, 4.69) is 5.32 Å². The van der Waals surface area contributed by atoms with E-state index >= 15 is 0 Å². The van der Waals surface area contributed by atoms with Crippen LogP contribution in [0.15, 0.2) is 18.2 Å². The number of amides is 1. The van der Waals surface area contributed by atoms with Gasteiger partial charge in [-0.15, -0.1) is 0 Å². The van der Waals surface area contributed by atoms with Crippen molar-refractivity contribution in [1.29, 1.82) is 0 Å². The Bertz CT molecular complexity index is 510. The first-order chi connectivity index (χ1) is 8.39. The number of anilines is 1. The van der Waals surface area contributed by atoms with Crippen LogP contribution < -0.4 is 10.1 Å². The van der Waals surface area contributed by atoms with E-state index in [1.165, 1.54) is 25.1 Å². The lowest BCUT2D eigenvalue weighted by Crippen LogP contribution is -2.16. The fourth-order valence-electron chi connectivity index (χ4n) is 1.40. The van der Waals surface area contributed by atoms with Crippen molar-refractivity contribution in [2.45, 2.75) is 19.6 Å². The molecule has 0 aliphatic carbocycles. The van der Waals surface area contributed by atoms with Crippen molar-refractivity contribution in [3.05, 3.63) is 28.3 Å². The van der Waals surface area contributed by atoms with Crippen molar-refractivity contribution in [2.75, 3.05) is 11.9 Å². The first-order valence-electron chi connectivity index (χ1n) is 5.29. The molecule has 1 amide bonds. The highest BCUT2D eigenvalue weighted by Gasteiger charge is 2.42. The predicted octanol–water partition coefficient (Wildman–Crippen LogP) is 1.68. The molecule has 96 valence electrons. The molecule has 1 aliphatic heterocycles. The molecule has 0 radical (unpaired) electrons. The van der Waals surface area contributed by atoms with Crippen LogP contribution in [0, 0.1) is 10.1 Å². The number of non-ortho nitro benzene ring substituents is 1. The van der Waals surface area contributed by atoms with Gasteiger partial charge < -0.3 is 14.8 Å². The molecule has 1 N–H and O–H groups in total. The van der Waals surface area contributed by atoms with Crippen LogP contribution in [0.3, 0.4) is 0 Å². The van der Waals surface area contributed by atoms with E-state index in [0.29, 0.717) is 12.4 Å². The van der Waals surface area contributed by atoms with Crippen LogP contribution in [0.1, 0.15) is 13.8 Å². The molecule has 1 unspecified atom stereocenters. The summed E-state index contributed by atoms with van der Waals surface area (Å²) in [7, 11) is 0. The number of nitro benzene ring substituents is 1. The monoisotopic (exact) mass is 252 g/mol. The van der Waals surface area contributed by atoms with E-state index in [1.807, 2.05) is 0 Å². The minimum absolute atomic E-state index is 0.118. The largest absolute Gasteiger partial charge is 0.458 e. The van der Waals surface area contributed by atoms with Gasteiger partial charge in [0, 0.05) is 26.0 Å². The molecule has 1 heterocycles. The van der Waals surface area contributed by atoms with Gasteiger partial charge in [0.05, 0.1) is 10.6 Å². The van der Waals surface area contributed by atoms with Crippen molar-refractivity contribution >= 4 is 17.3 Å². The maximum Gasteiger partial charge on any atom is 0.271 e. The standard InChI is InChI=1S/C11H12N2O5/c1-7(14)12-9-5-8(13(15)16)3-4-10(9)18-11(2)6-17-11/h3-5H,6H2,1-2H3,(H,12,14). The predicted molar refractivity (Wildman–Crippen MR) is 62.4 cm³/mol. The Morgan fingerprint density at radius 2 is 2.28 bits per heavy atom. The van der Waals surface area contributed by atoms with Gasteiger partial charge in [0.2, 0.25) is 11.7 Å². The minimum Gasteiger partial charge on any atom is -0.458 e. The Labute approximate surface area is 103 Å². The summed E-state index contributed by atoms with van der Waals surface area (Å²) in [5.74, 6) is -0.693. The molecular formula is C11H12N2O5. The van der Waals surface area contributed by atoms with Crippen LogP contribution in [0.2, 0.25) is 0 Å². The Morgan fingerprint density at radius 1 is 1.61 bits per heavy atom. The Morgan fingerprint density at radius 3 is 2.78 bits per heavy atom. The van der Waals surface area contributed by atoms with Crippen LogP contribution in [0.5, 0.6) is 5.75 Å². The van der Waals surface area contributed by atoms with Crippen LogP contribution in [-0.4, -0.2) is 23.2 Å². The van der Waals surface area contributed by atoms with Gasteiger partial charge >= 0.3 is 0 Å². The summed E-state index contributed by atoms with van der Waals surface area (Å²) >= 11 is 0. The van der Waals surface area contributed by atoms with Gasteiger partial charge in [-0.1, -0.05) is 0 Å². The first-order valence-corrected chi connectivity index (χ1v) is 5.29. The maximum atomic E-state index is 11.1. The van der Waals surface area contributed by atoms with Gasteiger partial charge in [-0.05, 0) is 6.07 Å². The SMILES string of the molecule is CC(=O)Nc1cc([N+](=O)[O-])ccc1OC1(C)CO1. The van der Waals surface area contributed by atoms with Gasteiger partial charge in [0.25, 0.3) is 5.69 Å². The number of benzene rings is 1. The molecule has 0 saturated carbocycles. The normalized spacial score (nSPS) is 21.2. The van der Waals surface area contributed by atoms with Crippen LogP contribution in [-0.2, 0) is 9.53 Å². The first kappa shape index (κ1) is 12.3. The highest BCUT2D eigenvalue weighted by molar-refractivity contribution is 5.90. The van der Waals surface area contributed by atoms with Crippen molar-refractivity contribution in [2.24, 2.45) is 0 Å². The van der Waals surface area contributed by atoms with Crippen molar-refractivity contribution < 1.29 is 19.2 Å². The molecule has 0 spiro atoms. The zero-order chi connectivity index (χ0) is 13.3. The number of nitro groups is 1. The smallest absolute Gasteiger partial charge is 0.271 e. The maximum absolute atomic E-state index is 11.1. The topological polar surface area (TPSA) is 94.0 Å². The number of hydrogen-bond acceptors (Lipinski definition) is 5. The lowest BCUT2D eigenvalue weighted by atomic mass is 10.2. The fourth-order valence-corrected chi connectivity index (χ4v) is 1.40. The molecular weight excluding hydrogens is 240 g/mol. The summed E-state index contributed by atoms with van der Waals surface area (Å²) in [6, 6.07) is 4.01. The highest BCUT2D eigenvalue weighted by Crippen LogP contribution is 2.36. The number of nitrogens with zero attached hydrogens (tertiary/aromatic N) is 1. The number of epoxide rings is 1. The molecule has 1 aromatic rings. The number of rotatable bonds is 4. The number of carbonyl (C=O) groups excluding carboxylic acids is 1. The van der Waals surface area contributed by atoms with E-state index in [0.717, 1.165) is 0 Å². The molecule has 18 heavy (non-hydrogen) atoms. The molecule has 0 aromatic heterocycles. The molecule has 1 atom stereocenters. The molecule has 1 aromatic carbocycles. The molecule has 7 heteroatoms. The fraction of sp³-hybridized carbons (Fsp3) is 0.364. The summed E-state index contributed by atoms with van der Waals surface area (Å²) in [6.07, 6.45) is 0. The van der Waals surface area contributed by atoms with Gasteiger partial charge in [-0.25, -0.2) is 0 Å². The molecule has 1 saturated heterocycles. The second-order valence-corrected chi connectivity index (χ2v) is 4.14. The third-order valence-corrected chi connectivity index (χ3v) is 2.36. The number of nitrogens with one attached hydrogen (secondary N) is 1. The quantitative estimate of drug-likeness (QED) is 0.499. The van der Waals surface area contributed by atoms with Crippen molar-refractivity contribution in [3.8, 4) is 5.75 Å². The third kappa shape index (κ3) is 2.75. The number of hydrogen-bond donors (Lipinski definition) is 1. The van der Waals surface area contributed by atoms with Gasteiger partial charge in [-0.2, -0.15) is 0 Å². The summed E-state index contributed by atoms with van der Waals surface area (Å²) in [4.78, 5) is 21.2. The van der Waals surface area contributed by atoms with E-state index in [4.69, 9.17) is 9.47 Å². The van der Waals surface area contributed by atoms with E-state index < -0.39 is 10.7 Å². The summed E-state index contributed by atoms with van der Waals surface area (Å²) in [6.45, 7) is 3.51. The van der Waals surface area contributed by atoms with Crippen molar-refractivity contribution in [3.63, 3.8) is 0 Å². The number of ether oxygens (including phenoxy) is 2. The van der Waals surface area contributed by atoms with E-state index in [-0.39, 0.29) is 17.3 Å². The van der Waals surface area contributed by atoms with Crippen molar-refractivity contribution in [1.82, 2.24) is 0 Å². The summed E-state index contributed by atoms with van der Waals surface area (Å²) in [5.41, 5.74) is 0.140. The second kappa shape index (κ2) is 4.26. The van der Waals surface area contributed by atoms with E-state index in [9.17, 15) is 14.9 Å². The zero-order valence-electron chi connectivity index (χ0n) is 9.93. The van der Waals surface area contributed by atoms with Crippen LogP contribution in [0.25, 0.3) is 0 Å². The summed E-state index contributed by atoms with van der Waals surface area (Å²) < 4.78 is 10.6. The molecule has 2 rings (SSSR count). The summed E-state index contributed by atoms with van der Waals surface area (Å²) in [5, 5.41) is 13.2.